The molecule has 0 radical (unpaired) electrons. The number of carbonyl (C=O) groups is 2. The number of thioether (sulfide) groups is 1. The van der Waals surface area contributed by atoms with Gasteiger partial charge in [0.05, 0.1) is 0 Å². The van der Waals surface area contributed by atoms with E-state index in [2.05, 4.69) is 5.32 Å². The Labute approximate surface area is 112 Å². The van der Waals surface area contributed by atoms with Gasteiger partial charge in [-0.25, -0.2) is 9.59 Å². The average Bonchev–Trinajstić information content (AvgIpc) is 2.27. The summed E-state index contributed by atoms with van der Waals surface area (Å²) in [5.41, 5.74) is -0.587. The summed E-state index contributed by atoms with van der Waals surface area (Å²) in [5, 5.41) is 2.60. The van der Waals surface area contributed by atoms with Gasteiger partial charge in [0.15, 0.2) is 0 Å². The SMILES string of the molecule is CC(C)(C)OC(=O)N[C@H]1C(=O)OCCSC1(C)C. The summed E-state index contributed by atoms with van der Waals surface area (Å²) < 4.78 is 9.80. The fourth-order valence-corrected chi connectivity index (χ4v) is 2.57. The van der Waals surface area contributed by atoms with Crippen LogP contribution in [-0.4, -0.2) is 40.8 Å². The number of amides is 1. The molecule has 1 saturated heterocycles. The highest BCUT2D eigenvalue weighted by atomic mass is 32.2. The van der Waals surface area contributed by atoms with Crippen molar-refractivity contribution in [3.05, 3.63) is 0 Å². The van der Waals surface area contributed by atoms with E-state index in [1.165, 1.54) is 0 Å². The summed E-state index contributed by atoms with van der Waals surface area (Å²) in [5.74, 6) is 0.321. The van der Waals surface area contributed by atoms with Crippen LogP contribution < -0.4 is 5.32 Å². The van der Waals surface area contributed by atoms with Crippen LogP contribution in [0.5, 0.6) is 0 Å². The molecule has 104 valence electrons. The molecule has 0 unspecified atom stereocenters. The fraction of sp³-hybridized carbons (Fsp3) is 0.833. The van der Waals surface area contributed by atoms with E-state index in [-0.39, 0.29) is 0 Å². The van der Waals surface area contributed by atoms with Crippen LogP contribution in [0.1, 0.15) is 34.6 Å². The fourth-order valence-electron chi connectivity index (χ4n) is 1.56. The minimum atomic E-state index is -0.695. The highest BCUT2D eigenvalue weighted by molar-refractivity contribution is 8.00. The maximum Gasteiger partial charge on any atom is 0.408 e. The number of nitrogens with one attached hydrogen (secondary N) is 1. The Morgan fingerprint density at radius 3 is 2.67 bits per heavy atom. The predicted molar refractivity (Wildman–Crippen MR) is 70.7 cm³/mol. The van der Waals surface area contributed by atoms with E-state index >= 15 is 0 Å². The zero-order valence-corrected chi connectivity index (χ0v) is 12.3. The molecule has 1 amide bonds. The van der Waals surface area contributed by atoms with Gasteiger partial charge in [-0.2, -0.15) is 0 Å². The molecule has 1 fully saturated rings. The summed E-state index contributed by atoms with van der Waals surface area (Å²) in [4.78, 5) is 23.5. The molecule has 1 aliphatic heterocycles. The molecular weight excluding hydrogens is 254 g/mol. The summed E-state index contributed by atoms with van der Waals surface area (Å²) >= 11 is 1.60. The van der Waals surface area contributed by atoms with Crippen LogP contribution in [0.25, 0.3) is 0 Å². The lowest BCUT2D eigenvalue weighted by Gasteiger charge is -2.30. The number of carbonyl (C=O) groups excluding carboxylic acids is 2. The molecule has 0 saturated carbocycles. The van der Waals surface area contributed by atoms with Gasteiger partial charge in [-0.3, -0.25) is 0 Å². The Bertz CT molecular complexity index is 335. The van der Waals surface area contributed by atoms with E-state index in [0.717, 1.165) is 5.75 Å². The van der Waals surface area contributed by atoms with Gasteiger partial charge in [-0.1, -0.05) is 0 Å². The Morgan fingerprint density at radius 2 is 2.11 bits per heavy atom. The molecule has 1 rings (SSSR count). The molecular formula is C12H21NO4S. The quantitative estimate of drug-likeness (QED) is 0.741. The molecule has 1 atom stereocenters. The topological polar surface area (TPSA) is 64.6 Å². The van der Waals surface area contributed by atoms with Gasteiger partial charge < -0.3 is 14.8 Å². The second-order valence-electron chi connectivity index (χ2n) is 5.70. The van der Waals surface area contributed by atoms with Crippen molar-refractivity contribution in [1.29, 1.82) is 0 Å². The largest absolute Gasteiger partial charge is 0.463 e. The molecule has 0 bridgehead atoms. The first-order valence-corrected chi connectivity index (χ1v) is 6.90. The van der Waals surface area contributed by atoms with Crippen molar-refractivity contribution in [2.24, 2.45) is 0 Å². The molecule has 0 aliphatic carbocycles. The summed E-state index contributed by atoms with van der Waals surface area (Å²) in [6.45, 7) is 9.52. The average molecular weight is 275 g/mol. The number of cyclic esters (lactones) is 1. The monoisotopic (exact) mass is 275 g/mol. The lowest BCUT2D eigenvalue weighted by molar-refractivity contribution is -0.145. The van der Waals surface area contributed by atoms with Gasteiger partial charge in [0.1, 0.15) is 18.2 Å². The third-order valence-corrected chi connectivity index (χ3v) is 3.74. The maximum atomic E-state index is 11.8. The van der Waals surface area contributed by atoms with Crippen LogP contribution in [0, 0.1) is 0 Å². The number of hydrogen-bond donors (Lipinski definition) is 1. The first-order chi connectivity index (χ1) is 8.12. The van der Waals surface area contributed by atoms with E-state index in [0.29, 0.717) is 6.61 Å². The third kappa shape index (κ3) is 4.40. The lowest BCUT2D eigenvalue weighted by atomic mass is 10.0. The van der Waals surface area contributed by atoms with E-state index in [1.807, 2.05) is 13.8 Å². The van der Waals surface area contributed by atoms with Crippen molar-refractivity contribution >= 4 is 23.8 Å². The molecule has 18 heavy (non-hydrogen) atoms. The Balaban J connectivity index is 2.72. The zero-order chi connectivity index (χ0) is 14.0. The second-order valence-corrected chi connectivity index (χ2v) is 7.45. The summed E-state index contributed by atoms with van der Waals surface area (Å²) in [6, 6.07) is -0.695. The van der Waals surface area contributed by atoms with Crippen LogP contribution in [0.4, 0.5) is 4.79 Å². The van der Waals surface area contributed by atoms with E-state index < -0.39 is 28.5 Å². The molecule has 0 aromatic rings. The van der Waals surface area contributed by atoms with Gasteiger partial charge in [0, 0.05) is 10.5 Å². The van der Waals surface area contributed by atoms with E-state index in [1.54, 1.807) is 32.5 Å². The van der Waals surface area contributed by atoms with Gasteiger partial charge in [-0.15, -0.1) is 11.8 Å². The van der Waals surface area contributed by atoms with Crippen molar-refractivity contribution in [2.75, 3.05) is 12.4 Å². The number of hydrogen-bond acceptors (Lipinski definition) is 5. The highest BCUT2D eigenvalue weighted by Gasteiger charge is 2.40. The number of esters is 1. The summed E-state index contributed by atoms with van der Waals surface area (Å²) in [7, 11) is 0. The second kappa shape index (κ2) is 5.38. The van der Waals surface area contributed by atoms with Crippen LogP contribution in [0.15, 0.2) is 0 Å². The lowest BCUT2D eigenvalue weighted by Crippen LogP contribution is -2.53. The zero-order valence-electron chi connectivity index (χ0n) is 11.5. The number of rotatable bonds is 1. The van der Waals surface area contributed by atoms with Crippen LogP contribution in [0.2, 0.25) is 0 Å². The molecule has 6 heteroatoms. The van der Waals surface area contributed by atoms with E-state index in [9.17, 15) is 9.59 Å². The number of ether oxygens (including phenoxy) is 2. The minimum Gasteiger partial charge on any atom is -0.463 e. The maximum absolute atomic E-state index is 11.8. The van der Waals surface area contributed by atoms with Gasteiger partial charge >= 0.3 is 12.1 Å². The Morgan fingerprint density at radius 1 is 1.50 bits per heavy atom. The first kappa shape index (κ1) is 15.1. The van der Waals surface area contributed by atoms with Gasteiger partial charge in [0.2, 0.25) is 0 Å². The Hall–Kier alpha value is -0.910. The molecule has 0 spiro atoms. The molecule has 1 aliphatic rings. The molecule has 0 aromatic heterocycles. The third-order valence-electron chi connectivity index (χ3n) is 2.39. The van der Waals surface area contributed by atoms with Crippen LogP contribution >= 0.6 is 11.8 Å². The predicted octanol–water partition coefficient (Wildman–Crippen LogP) is 1.95. The summed E-state index contributed by atoms with van der Waals surface area (Å²) in [6.07, 6.45) is -0.597. The normalized spacial score (nSPS) is 23.8. The van der Waals surface area contributed by atoms with Crippen LogP contribution in [-0.2, 0) is 14.3 Å². The van der Waals surface area contributed by atoms with Crippen molar-refractivity contribution < 1.29 is 19.1 Å². The molecule has 1 N–H and O–H groups in total. The van der Waals surface area contributed by atoms with Crippen molar-refractivity contribution in [3.63, 3.8) is 0 Å². The van der Waals surface area contributed by atoms with Crippen molar-refractivity contribution in [2.45, 2.75) is 51.0 Å². The van der Waals surface area contributed by atoms with Crippen molar-refractivity contribution in [3.8, 4) is 0 Å². The molecule has 1 heterocycles. The van der Waals surface area contributed by atoms with Crippen LogP contribution in [0.3, 0.4) is 0 Å². The molecule has 0 aromatic carbocycles. The van der Waals surface area contributed by atoms with E-state index in [4.69, 9.17) is 9.47 Å². The minimum absolute atomic E-state index is 0.374. The first-order valence-electron chi connectivity index (χ1n) is 5.92. The van der Waals surface area contributed by atoms with Gasteiger partial charge in [-0.05, 0) is 34.6 Å². The standard InChI is InChI=1S/C12H21NO4S/c1-11(2,3)17-10(15)13-8-9(14)16-6-7-18-12(8,4)5/h8H,6-7H2,1-5H3,(H,13,15)/t8-/m0/s1. The number of alkyl carbamates (subject to hydrolysis) is 1. The van der Waals surface area contributed by atoms with Gasteiger partial charge in [0.25, 0.3) is 0 Å². The molecule has 5 nitrogen and oxygen atoms in total. The Kier molecular flexibility index (Phi) is 4.53. The smallest absolute Gasteiger partial charge is 0.408 e. The highest BCUT2D eigenvalue weighted by Crippen LogP contribution is 2.31. The van der Waals surface area contributed by atoms with Crippen molar-refractivity contribution in [1.82, 2.24) is 5.32 Å².